The molecule has 0 unspecified atom stereocenters. The van der Waals surface area contributed by atoms with E-state index in [0.717, 1.165) is 5.56 Å². The first kappa shape index (κ1) is 8.58. The fraction of sp³-hybridized carbons (Fsp3) is 0. The largest absolute Gasteiger partial charge is 0.308 e. The van der Waals surface area contributed by atoms with Crippen molar-refractivity contribution in [1.82, 2.24) is 15.0 Å². The van der Waals surface area contributed by atoms with Gasteiger partial charge >= 0.3 is 0 Å². The maximum absolute atomic E-state index is 5.24. The average molecular weight is 187 g/mol. The summed E-state index contributed by atoms with van der Waals surface area (Å²) in [6, 6.07) is 5.38. The van der Waals surface area contributed by atoms with Crippen molar-refractivity contribution in [3.8, 4) is 11.4 Å². The SMILES string of the molecule is NNc1ccnc(-c2ccncc2)n1. The predicted octanol–water partition coefficient (Wildman–Crippen LogP) is 0.824. The van der Waals surface area contributed by atoms with E-state index in [-0.39, 0.29) is 0 Å². The molecule has 2 aromatic rings. The zero-order valence-electron chi connectivity index (χ0n) is 7.38. The van der Waals surface area contributed by atoms with Gasteiger partial charge in [-0.05, 0) is 12.1 Å². The summed E-state index contributed by atoms with van der Waals surface area (Å²) in [6.45, 7) is 0. The average Bonchev–Trinajstić information content (AvgIpc) is 2.30. The molecule has 5 heteroatoms. The van der Waals surface area contributed by atoms with Gasteiger partial charge in [0, 0.05) is 30.2 Å². The normalized spacial score (nSPS) is 9.79. The molecule has 14 heavy (non-hydrogen) atoms. The standard InChI is InChI=1S/C9H9N5/c10-14-8-3-6-12-9(13-8)7-1-4-11-5-2-7/h1-6H,10H2,(H,12,13,14). The highest BCUT2D eigenvalue weighted by Crippen LogP contribution is 2.13. The van der Waals surface area contributed by atoms with Gasteiger partial charge < -0.3 is 5.43 Å². The Morgan fingerprint density at radius 2 is 1.86 bits per heavy atom. The Labute approximate surface area is 81.0 Å². The molecule has 70 valence electrons. The third-order valence-electron chi connectivity index (χ3n) is 1.74. The van der Waals surface area contributed by atoms with Crippen LogP contribution in [0.4, 0.5) is 5.82 Å². The summed E-state index contributed by atoms with van der Waals surface area (Å²) in [5, 5.41) is 0. The monoisotopic (exact) mass is 187 g/mol. The zero-order chi connectivity index (χ0) is 9.80. The number of anilines is 1. The van der Waals surface area contributed by atoms with Gasteiger partial charge in [0.15, 0.2) is 5.82 Å². The highest BCUT2D eigenvalue weighted by molar-refractivity contribution is 5.55. The Hall–Kier alpha value is -2.01. The molecule has 0 spiro atoms. The minimum atomic E-state index is 0.590. The lowest BCUT2D eigenvalue weighted by molar-refractivity contribution is 1.14. The van der Waals surface area contributed by atoms with Crippen molar-refractivity contribution < 1.29 is 0 Å². The van der Waals surface area contributed by atoms with E-state index in [1.54, 1.807) is 24.7 Å². The van der Waals surface area contributed by atoms with Crippen LogP contribution in [0.15, 0.2) is 36.8 Å². The topological polar surface area (TPSA) is 76.7 Å². The van der Waals surface area contributed by atoms with Gasteiger partial charge in [0.2, 0.25) is 0 Å². The molecule has 0 aromatic carbocycles. The summed E-state index contributed by atoms with van der Waals surface area (Å²) < 4.78 is 0. The van der Waals surface area contributed by atoms with Crippen LogP contribution in [-0.2, 0) is 0 Å². The second kappa shape index (κ2) is 3.80. The molecule has 0 radical (unpaired) electrons. The Balaban J connectivity index is 2.42. The minimum absolute atomic E-state index is 0.590. The van der Waals surface area contributed by atoms with Gasteiger partial charge in [-0.15, -0.1) is 0 Å². The Kier molecular flexibility index (Phi) is 2.33. The molecule has 0 saturated carbocycles. The smallest absolute Gasteiger partial charge is 0.161 e. The van der Waals surface area contributed by atoms with E-state index in [2.05, 4.69) is 20.4 Å². The summed E-state index contributed by atoms with van der Waals surface area (Å²) >= 11 is 0. The van der Waals surface area contributed by atoms with Gasteiger partial charge in [0.1, 0.15) is 5.82 Å². The number of aromatic nitrogens is 3. The van der Waals surface area contributed by atoms with E-state index >= 15 is 0 Å². The van der Waals surface area contributed by atoms with Gasteiger partial charge in [0.05, 0.1) is 0 Å². The Morgan fingerprint density at radius 1 is 1.07 bits per heavy atom. The number of hydrazine groups is 1. The van der Waals surface area contributed by atoms with E-state index in [1.165, 1.54) is 0 Å². The van der Waals surface area contributed by atoms with E-state index < -0.39 is 0 Å². The highest BCUT2D eigenvalue weighted by Gasteiger charge is 2.00. The van der Waals surface area contributed by atoms with Gasteiger partial charge in [-0.3, -0.25) is 4.98 Å². The summed E-state index contributed by atoms with van der Waals surface area (Å²) in [6.07, 6.45) is 5.04. The molecule has 2 heterocycles. The molecule has 0 amide bonds. The summed E-state index contributed by atoms with van der Waals surface area (Å²) in [7, 11) is 0. The highest BCUT2D eigenvalue weighted by atomic mass is 15.3. The number of hydrogen-bond acceptors (Lipinski definition) is 5. The van der Waals surface area contributed by atoms with Crippen molar-refractivity contribution in [2.24, 2.45) is 5.84 Å². The molecule has 2 rings (SSSR count). The number of nitrogens with one attached hydrogen (secondary N) is 1. The molecule has 0 saturated heterocycles. The van der Waals surface area contributed by atoms with Gasteiger partial charge in [-0.2, -0.15) is 0 Å². The van der Waals surface area contributed by atoms with Crippen LogP contribution in [0, 0.1) is 0 Å². The first-order valence-electron chi connectivity index (χ1n) is 4.10. The summed E-state index contributed by atoms with van der Waals surface area (Å²) in [5.74, 6) is 6.46. The lowest BCUT2D eigenvalue weighted by Crippen LogP contribution is -2.09. The van der Waals surface area contributed by atoms with Crippen LogP contribution in [0.3, 0.4) is 0 Å². The molecule has 0 aliphatic carbocycles. The second-order valence-corrected chi connectivity index (χ2v) is 2.65. The van der Waals surface area contributed by atoms with Crippen LogP contribution in [0.5, 0.6) is 0 Å². The zero-order valence-corrected chi connectivity index (χ0v) is 7.38. The third kappa shape index (κ3) is 1.67. The van der Waals surface area contributed by atoms with Crippen molar-refractivity contribution in [2.75, 3.05) is 5.43 Å². The number of hydrogen-bond donors (Lipinski definition) is 2. The van der Waals surface area contributed by atoms with E-state index in [4.69, 9.17) is 5.84 Å². The van der Waals surface area contributed by atoms with Gasteiger partial charge in [-0.1, -0.05) is 0 Å². The minimum Gasteiger partial charge on any atom is -0.308 e. The van der Waals surface area contributed by atoms with E-state index in [1.807, 2.05) is 12.1 Å². The van der Waals surface area contributed by atoms with Crippen LogP contribution in [0.2, 0.25) is 0 Å². The maximum atomic E-state index is 5.24. The summed E-state index contributed by atoms with van der Waals surface area (Å²) in [5.41, 5.74) is 3.38. The molecule has 2 aromatic heterocycles. The quantitative estimate of drug-likeness (QED) is 0.537. The van der Waals surface area contributed by atoms with Crippen molar-refractivity contribution in [3.05, 3.63) is 36.8 Å². The van der Waals surface area contributed by atoms with Crippen molar-refractivity contribution >= 4 is 5.82 Å². The lowest BCUT2D eigenvalue weighted by Gasteiger charge is -2.01. The number of nitrogen functional groups attached to an aromatic ring is 1. The van der Waals surface area contributed by atoms with E-state index in [0.29, 0.717) is 11.6 Å². The molecular formula is C9H9N5. The predicted molar refractivity (Wildman–Crippen MR) is 53.1 cm³/mol. The fourth-order valence-corrected chi connectivity index (χ4v) is 1.08. The van der Waals surface area contributed by atoms with Gasteiger partial charge in [0.25, 0.3) is 0 Å². The lowest BCUT2D eigenvalue weighted by atomic mass is 10.2. The molecule has 0 atom stereocenters. The van der Waals surface area contributed by atoms with Crippen LogP contribution in [0.1, 0.15) is 0 Å². The number of nitrogens with two attached hydrogens (primary N) is 1. The fourth-order valence-electron chi connectivity index (χ4n) is 1.08. The Bertz CT molecular complexity index is 415. The number of nitrogens with zero attached hydrogens (tertiary/aromatic N) is 3. The molecule has 3 N–H and O–H groups in total. The molecule has 0 aliphatic heterocycles. The second-order valence-electron chi connectivity index (χ2n) is 2.65. The van der Waals surface area contributed by atoms with Crippen LogP contribution < -0.4 is 11.3 Å². The Morgan fingerprint density at radius 3 is 2.57 bits per heavy atom. The van der Waals surface area contributed by atoms with Crippen molar-refractivity contribution in [1.29, 1.82) is 0 Å². The number of rotatable bonds is 2. The maximum Gasteiger partial charge on any atom is 0.161 e. The molecule has 0 aliphatic rings. The molecule has 5 nitrogen and oxygen atoms in total. The van der Waals surface area contributed by atoms with Crippen molar-refractivity contribution in [3.63, 3.8) is 0 Å². The first-order chi connectivity index (χ1) is 6.90. The first-order valence-corrected chi connectivity index (χ1v) is 4.10. The van der Waals surface area contributed by atoms with Crippen LogP contribution in [-0.4, -0.2) is 15.0 Å². The molecular weight excluding hydrogens is 178 g/mol. The van der Waals surface area contributed by atoms with E-state index in [9.17, 15) is 0 Å². The number of pyridine rings is 1. The third-order valence-corrected chi connectivity index (χ3v) is 1.74. The van der Waals surface area contributed by atoms with Crippen LogP contribution >= 0.6 is 0 Å². The molecule has 0 bridgehead atoms. The van der Waals surface area contributed by atoms with Crippen LogP contribution in [0.25, 0.3) is 11.4 Å². The van der Waals surface area contributed by atoms with Gasteiger partial charge in [-0.25, -0.2) is 15.8 Å². The van der Waals surface area contributed by atoms with Crippen molar-refractivity contribution in [2.45, 2.75) is 0 Å². The summed E-state index contributed by atoms with van der Waals surface area (Å²) in [4.78, 5) is 12.2. The molecule has 0 fully saturated rings.